The van der Waals surface area contributed by atoms with Crippen LogP contribution in [0, 0.1) is 0 Å². The molecule has 144 valence electrons. The average Bonchev–Trinajstić information content (AvgIpc) is 3.32. The van der Waals surface area contributed by atoms with Crippen molar-refractivity contribution in [1.82, 2.24) is 14.3 Å². The summed E-state index contributed by atoms with van der Waals surface area (Å²) < 4.78 is 8.98. The summed E-state index contributed by atoms with van der Waals surface area (Å²) in [4.78, 5) is 13.1. The fraction of sp³-hybridized carbons (Fsp3) is 0.0909. The van der Waals surface area contributed by atoms with Gasteiger partial charge in [0.2, 0.25) is 0 Å². The summed E-state index contributed by atoms with van der Waals surface area (Å²) in [6, 6.07) is 14.9. The van der Waals surface area contributed by atoms with Gasteiger partial charge in [-0.3, -0.25) is 9.36 Å². The van der Waals surface area contributed by atoms with Crippen molar-refractivity contribution in [3.63, 3.8) is 0 Å². The quantitative estimate of drug-likeness (QED) is 0.368. The first kappa shape index (κ1) is 18.0. The lowest BCUT2D eigenvalue weighted by molar-refractivity contribution is 0.432. The largest absolute Gasteiger partial charge is 0.356 e. The molecule has 5 aromatic rings. The van der Waals surface area contributed by atoms with E-state index in [1.807, 2.05) is 35.9 Å². The van der Waals surface area contributed by atoms with Crippen LogP contribution in [0.3, 0.4) is 0 Å². The lowest BCUT2D eigenvalue weighted by Gasteiger charge is -2.09. The number of halogens is 2. The van der Waals surface area contributed by atoms with Crippen molar-refractivity contribution < 1.29 is 4.52 Å². The van der Waals surface area contributed by atoms with Gasteiger partial charge in [-0.2, -0.15) is 0 Å². The number of benzene rings is 2. The SMILES string of the molecule is Cn1c(=O)c(-c2ccc(Cl)cc2Cl)cc2c3cc(-c4ccno4)ccc3n(C)c21. The van der Waals surface area contributed by atoms with Gasteiger partial charge in [-0.1, -0.05) is 34.4 Å². The molecule has 0 spiro atoms. The molecule has 5 rings (SSSR count). The van der Waals surface area contributed by atoms with E-state index < -0.39 is 0 Å². The van der Waals surface area contributed by atoms with E-state index in [9.17, 15) is 4.79 Å². The smallest absolute Gasteiger partial charge is 0.259 e. The Hall–Kier alpha value is -3.02. The Morgan fingerprint density at radius 3 is 2.45 bits per heavy atom. The van der Waals surface area contributed by atoms with Crippen molar-refractivity contribution in [3.8, 4) is 22.5 Å². The van der Waals surface area contributed by atoms with Gasteiger partial charge in [-0.15, -0.1) is 0 Å². The first-order chi connectivity index (χ1) is 14.0. The summed E-state index contributed by atoms with van der Waals surface area (Å²) >= 11 is 12.4. The van der Waals surface area contributed by atoms with Crippen molar-refractivity contribution in [2.45, 2.75) is 0 Å². The van der Waals surface area contributed by atoms with Gasteiger partial charge in [0.15, 0.2) is 5.76 Å². The number of aryl methyl sites for hydroxylation is 2. The molecule has 0 aliphatic heterocycles. The summed E-state index contributed by atoms with van der Waals surface area (Å²) in [7, 11) is 3.72. The summed E-state index contributed by atoms with van der Waals surface area (Å²) in [6.07, 6.45) is 1.62. The summed E-state index contributed by atoms with van der Waals surface area (Å²) in [5.41, 5.74) is 3.82. The molecule has 0 atom stereocenters. The highest BCUT2D eigenvalue weighted by Crippen LogP contribution is 2.35. The van der Waals surface area contributed by atoms with Gasteiger partial charge in [0.05, 0.1) is 16.7 Å². The van der Waals surface area contributed by atoms with Crippen molar-refractivity contribution in [1.29, 1.82) is 0 Å². The monoisotopic (exact) mass is 423 g/mol. The Bertz CT molecular complexity index is 1460. The summed E-state index contributed by atoms with van der Waals surface area (Å²) in [5, 5.41) is 6.72. The molecule has 0 unspecified atom stereocenters. The van der Waals surface area contributed by atoms with Gasteiger partial charge in [0.1, 0.15) is 5.65 Å². The second kappa shape index (κ2) is 6.51. The lowest BCUT2D eigenvalue weighted by atomic mass is 10.0. The Morgan fingerprint density at radius 2 is 1.72 bits per heavy atom. The fourth-order valence-corrected chi connectivity index (χ4v) is 4.42. The van der Waals surface area contributed by atoms with Gasteiger partial charge >= 0.3 is 0 Å². The molecular formula is C22H15Cl2N3O2. The molecule has 0 aliphatic rings. The molecule has 2 aromatic carbocycles. The van der Waals surface area contributed by atoms with Crippen LogP contribution in [-0.4, -0.2) is 14.3 Å². The molecule has 0 bridgehead atoms. The number of hydrogen-bond acceptors (Lipinski definition) is 3. The van der Waals surface area contributed by atoms with E-state index in [0.717, 1.165) is 27.5 Å². The number of aromatic nitrogens is 3. The molecule has 0 fully saturated rings. The van der Waals surface area contributed by atoms with Crippen LogP contribution in [-0.2, 0) is 14.1 Å². The second-order valence-electron chi connectivity index (χ2n) is 6.95. The second-order valence-corrected chi connectivity index (χ2v) is 7.79. The molecule has 3 aromatic heterocycles. The molecule has 0 N–H and O–H groups in total. The highest BCUT2D eigenvalue weighted by molar-refractivity contribution is 6.36. The molecular weight excluding hydrogens is 409 g/mol. The van der Waals surface area contributed by atoms with Crippen molar-refractivity contribution in [3.05, 3.63) is 75.1 Å². The number of nitrogens with zero attached hydrogens (tertiary/aromatic N) is 3. The Morgan fingerprint density at radius 1 is 0.897 bits per heavy atom. The molecule has 5 nitrogen and oxygen atoms in total. The number of fused-ring (bicyclic) bond motifs is 3. The van der Waals surface area contributed by atoms with Crippen LogP contribution in [0.1, 0.15) is 0 Å². The normalized spacial score (nSPS) is 11.6. The fourth-order valence-electron chi connectivity index (χ4n) is 3.91. The molecule has 29 heavy (non-hydrogen) atoms. The summed E-state index contributed by atoms with van der Waals surface area (Å²) in [6.45, 7) is 0. The van der Waals surface area contributed by atoms with Crippen LogP contribution in [0.2, 0.25) is 10.0 Å². The maximum atomic E-state index is 13.1. The number of rotatable bonds is 2. The van der Waals surface area contributed by atoms with E-state index in [2.05, 4.69) is 11.2 Å². The first-order valence-electron chi connectivity index (χ1n) is 8.94. The third kappa shape index (κ3) is 2.69. The number of hydrogen-bond donors (Lipinski definition) is 0. The lowest BCUT2D eigenvalue weighted by Crippen LogP contribution is -2.20. The predicted octanol–water partition coefficient (Wildman–Crippen LogP) is 5.66. The number of pyridine rings is 1. The van der Waals surface area contributed by atoms with Crippen molar-refractivity contribution >= 4 is 45.1 Å². The average molecular weight is 424 g/mol. The molecule has 0 saturated heterocycles. The van der Waals surface area contributed by atoms with Crippen LogP contribution < -0.4 is 5.56 Å². The Kier molecular flexibility index (Phi) is 4.05. The zero-order valence-electron chi connectivity index (χ0n) is 15.6. The zero-order valence-corrected chi connectivity index (χ0v) is 17.1. The van der Waals surface area contributed by atoms with Crippen LogP contribution in [0.25, 0.3) is 44.4 Å². The first-order valence-corrected chi connectivity index (χ1v) is 9.70. The van der Waals surface area contributed by atoms with Gasteiger partial charge in [-0.05, 0) is 36.4 Å². The van der Waals surface area contributed by atoms with Crippen LogP contribution in [0.4, 0.5) is 0 Å². The minimum absolute atomic E-state index is 0.122. The van der Waals surface area contributed by atoms with Gasteiger partial charge < -0.3 is 9.09 Å². The Balaban J connectivity index is 1.88. The van der Waals surface area contributed by atoms with Crippen molar-refractivity contribution in [2.75, 3.05) is 0 Å². The van der Waals surface area contributed by atoms with E-state index in [-0.39, 0.29) is 5.56 Å². The molecule has 0 saturated carbocycles. The molecule has 0 radical (unpaired) electrons. The van der Waals surface area contributed by atoms with Crippen molar-refractivity contribution in [2.24, 2.45) is 14.1 Å². The predicted molar refractivity (Wildman–Crippen MR) is 117 cm³/mol. The third-order valence-corrected chi connectivity index (χ3v) is 5.84. The molecule has 0 aliphatic carbocycles. The zero-order chi connectivity index (χ0) is 20.3. The van der Waals surface area contributed by atoms with E-state index in [1.165, 1.54) is 0 Å². The minimum Gasteiger partial charge on any atom is -0.356 e. The van der Waals surface area contributed by atoms with E-state index in [0.29, 0.717) is 26.9 Å². The minimum atomic E-state index is -0.122. The van der Waals surface area contributed by atoms with Gasteiger partial charge in [-0.25, -0.2) is 0 Å². The van der Waals surface area contributed by atoms with Gasteiger partial charge in [0.25, 0.3) is 5.56 Å². The highest BCUT2D eigenvalue weighted by atomic mass is 35.5. The summed E-state index contributed by atoms with van der Waals surface area (Å²) in [5.74, 6) is 0.690. The maximum Gasteiger partial charge on any atom is 0.259 e. The van der Waals surface area contributed by atoms with E-state index >= 15 is 0 Å². The molecule has 3 heterocycles. The third-order valence-electron chi connectivity index (χ3n) is 5.29. The molecule has 0 amide bonds. The van der Waals surface area contributed by atoms with Crippen LogP contribution in [0.5, 0.6) is 0 Å². The van der Waals surface area contributed by atoms with E-state index in [1.54, 1.807) is 36.0 Å². The highest BCUT2D eigenvalue weighted by Gasteiger charge is 2.18. The molecule has 7 heteroatoms. The standard InChI is InChI=1S/C22H15Cl2N3O2/c1-26-19-6-3-12(20-7-8-25-29-20)9-15(19)16-11-17(22(28)27(2)21(16)26)14-5-4-13(23)10-18(14)24/h3-11H,1-2H3. The topological polar surface area (TPSA) is 53.0 Å². The van der Waals surface area contributed by atoms with Crippen LogP contribution >= 0.6 is 23.2 Å². The Labute approximate surface area is 175 Å². The van der Waals surface area contributed by atoms with E-state index in [4.69, 9.17) is 27.7 Å². The maximum absolute atomic E-state index is 13.1. The van der Waals surface area contributed by atoms with Gasteiger partial charge in [0, 0.05) is 52.6 Å². The van der Waals surface area contributed by atoms with Crippen LogP contribution in [0.15, 0.2) is 64.0 Å².